The van der Waals surface area contributed by atoms with E-state index in [0.29, 0.717) is 0 Å². The van der Waals surface area contributed by atoms with Crippen LogP contribution in [0.15, 0.2) is 48.5 Å². The molecule has 0 radical (unpaired) electrons. The van der Waals surface area contributed by atoms with Gasteiger partial charge in [-0.05, 0) is 24.1 Å². The Morgan fingerprint density at radius 1 is 0.950 bits per heavy atom. The molecule has 0 aromatic heterocycles. The topological polar surface area (TPSA) is 12.0 Å². The summed E-state index contributed by atoms with van der Waals surface area (Å²) in [4.78, 5) is 0. The van der Waals surface area contributed by atoms with Crippen molar-refractivity contribution in [3.63, 3.8) is 0 Å². The van der Waals surface area contributed by atoms with Gasteiger partial charge in [-0.15, -0.1) is 0 Å². The monoisotopic (exact) mass is 275 g/mol. The fourth-order valence-corrected chi connectivity index (χ4v) is 2.23. The third kappa shape index (κ3) is 3.56. The molecular weight excluding hydrogens is 256 g/mol. The molecule has 0 heterocycles. The van der Waals surface area contributed by atoms with Crippen molar-refractivity contribution in [3.05, 3.63) is 65.7 Å². The smallest absolute Gasteiger partial charge is 0.149 e. The number of hydrogen-bond donors (Lipinski definition) is 1. The van der Waals surface area contributed by atoms with Crippen molar-refractivity contribution < 1.29 is 8.78 Å². The number of hydrogen-bond acceptors (Lipinski definition) is 1. The molecule has 0 bridgehead atoms. The van der Waals surface area contributed by atoms with E-state index in [9.17, 15) is 8.78 Å². The van der Waals surface area contributed by atoms with Crippen LogP contribution in [0.3, 0.4) is 0 Å². The molecule has 0 aliphatic rings. The van der Waals surface area contributed by atoms with Crippen molar-refractivity contribution in [1.29, 1.82) is 0 Å². The lowest BCUT2D eigenvalue weighted by molar-refractivity contribution is 0.572. The summed E-state index contributed by atoms with van der Waals surface area (Å²) in [5.41, 5.74) is 1.00. The number of nitrogens with one attached hydrogen (secondary N) is 1. The second-order valence-corrected chi connectivity index (χ2v) is 4.85. The molecule has 0 spiro atoms. The highest BCUT2D eigenvalue weighted by Crippen LogP contribution is 2.27. The maximum absolute atomic E-state index is 13.7. The highest BCUT2D eigenvalue weighted by molar-refractivity contribution is 5.48. The molecule has 1 nitrogen and oxygen atoms in total. The first-order valence-electron chi connectivity index (χ1n) is 6.98. The average Bonchev–Trinajstić information content (AvgIpc) is 2.47. The molecule has 2 aromatic rings. The second-order valence-electron chi connectivity index (χ2n) is 4.85. The van der Waals surface area contributed by atoms with E-state index in [1.165, 1.54) is 18.2 Å². The largest absolute Gasteiger partial charge is 0.373 e. The van der Waals surface area contributed by atoms with E-state index >= 15 is 0 Å². The maximum Gasteiger partial charge on any atom is 0.149 e. The molecule has 0 aliphatic heterocycles. The van der Waals surface area contributed by atoms with E-state index in [2.05, 4.69) is 12.2 Å². The van der Waals surface area contributed by atoms with Gasteiger partial charge in [-0.1, -0.05) is 56.2 Å². The molecule has 106 valence electrons. The van der Waals surface area contributed by atoms with Crippen molar-refractivity contribution >= 4 is 5.69 Å². The first-order chi connectivity index (χ1) is 9.72. The Balaban J connectivity index is 2.24. The van der Waals surface area contributed by atoms with Gasteiger partial charge in [-0.2, -0.15) is 0 Å². The zero-order valence-corrected chi connectivity index (χ0v) is 11.6. The third-order valence-corrected chi connectivity index (χ3v) is 3.33. The fraction of sp³-hybridized carbons (Fsp3) is 0.294. The van der Waals surface area contributed by atoms with Crippen molar-refractivity contribution in [1.82, 2.24) is 0 Å². The maximum atomic E-state index is 13.7. The van der Waals surface area contributed by atoms with Crippen LogP contribution in [0.4, 0.5) is 14.5 Å². The van der Waals surface area contributed by atoms with Crippen molar-refractivity contribution in [2.24, 2.45) is 0 Å². The minimum absolute atomic E-state index is 0.0440. The van der Waals surface area contributed by atoms with Gasteiger partial charge in [0.15, 0.2) is 0 Å². The molecule has 3 heteroatoms. The van der Waals surface area contributed by atoms with Crippen LogP contribution in [0.1, 0.15) is 37.8 Å². The zero-order chi connectivity index (χ0) is 14.4. The van der Waals surface area contributed by atoms with Gasteiger partial charge in [-0.25, -0.2) is 8.78 Å². The lowest BCUT2D eigenvalue weighted by Gasteiger charge is -2.21. The number of rotatable bonds is 6. The molecule has 0 fully saturated rings. The number of para-hydroxylation sites is 1. The Kier molecular flexibility index (Phi) is 5.10. The molecule has 1 atom stereocenters. The standard InChI is InChI=1S/C17H19F2N/c1-2-3-12-16(13-8-5-4-6-9-13)20-17-14(18)10-7-11-15(17)19/h4-11,16,20H,2-3,12H2,1H3. The minimum Gasteiger partial charge on any atom is -0.373 e. The number of anilines is 1. The summed E-state index contributed by atoms with van der Waals surface area (Å²) >= 11 is 0. The van der Waals surface area contributed by atoms with Gasteiger partial charge in [0.2, 0.25) is 0 Å². The molecule has 20 heavy (non-hydrogen) atoms. The van der Waals surface area contributed by atoms with E-state index in [1.54, 1.807) is 0 Å². The summed E-state index contributed by atoms with van der Waals surface area (Å²) in [6.45, 7) is 2.10. The van der Waals surface area contributed by atoms with Crippen LogP contribution in [0.25, 0.3) is 0 Å². The molecule has 0 amide bonds. The highest BCUT2D eigenvalue weighted by atomic mass is 19.1. The van der Waals surface area contributed by atoms with E-state index in [1.807, 2.05) is 30.3 Å². The van der Waals surface area contributed by atoms with Gasteiger partial charge in [0.1, 0.15) is 17.3 Å². The van der Waals surface area contributed by atoms with Crippen LogP contribution in [0.5, 0.6) is 0 Å². The molecule has 0 saturated carbocycles. The van der Waals surface area contributed by atoms with Gasteiger partial charge in [0.05, 0.1) is 6.04 Å². The molecule has 0 aliphatic carbocycles. The summed E-state index contributed by atoms with van der Waals surface area (Å²) in [5.74, 6) is -1.11. The Morgan fingerprint density at radius 3 is 2.20 bits per heavy atom. The zero-order valence-electron chi connectivity index (χ0n) is 11.6. The lowest BCUT2D eigenvalue weighted by atomic mass is 10.0. The van der Waals surface area contributed by atoms with Gasteiger partial charge in [0, 0.05) is 0 Å². The Morgan fingerprint density at radius 2 is 1.60 bits per heavy atom. The van der Waals surface area contributed by atoms with E-state index in [4.69, 9.17) is 0 Å². The quantitative estimate of drug-likeness (QED) is 0.753. The number of benzene rings is 2. The Labute approximate surface area is 118 Å². The molecule has 2 aromatic carbocycles. The first-order valence-corrected chi connectivity index (χ1v) is 6.98. The van der Waals surface area contributed by atoms with Gasteiger partial charge in [-0.3, -0.25) is 0 Å². The fourth-order valence-electron chi connectivity index (χ4n) is 2.23. The molecule has 1 unspecified atom stereocenters. The van der Waals surface area contributed by atoms with E-state index < -0.39 is 11.6 Å². The highest BCUT2D eigenvalue weighted by Gasteiger charge is 2.15. The SMILES string of the molecule is CCCCC(Nc1c(F)cccc1F)c1ccccc1. The summed E-state index contributed by atoms with van der Waals surface area (Å²) < 4.78 is 27.5. The van der Waals surface area contributed by atoms with Crippen LogP contribution < -0.4 is 5.32 Å². The van der Waals surface area contributed by atoms with Crippen LogP contribution in [0.2, 0.25) is 0 Å². The van der Waals surface area contributed by atoms with Crippen LogP contribution in [-0.4, -0.2) is 0 Å². The van der Waals surface area contributed by atoms with Crippen LogP contribution in [-0.2, 0) is 0 Å². The van der Waals surface area contributed by atoms with Crippen molar-refractivity contribution in [2.45, 2.75) is 32.2 Å². The van der Waals surface area contributed by atoms with E-state index in [0.717, 1.165) is 24.8 Å². The summed E-state index contributed by atoms with van der Waals surface area (Å²) in [7, 11) is 0. The number of unbranched alkanes of at least 4 members (excludes halogenated alkanes) is 1. The lowest BCUT2D eigenvalue weighted by Crippen LogP contribution is -2.13. The average molecular weight is 275 g/mol. The predicted octanol–water partition coefficient (Wildman–Crippen LogP) is 5.31. The molecular formula is C17H19F2N. The Bertz CT molecular complexity index is 520. The summed E-state index contributed by atoms with van der Waals surface area (Å²) in [6, 6.07) is 13.6. The normalized spacial score (nSPS) is 12.2. The first kappa shape index (κ1) is 14.5. The minimum atomic E-state index is -0.553. The predicted molar refractivity (Wildman–Crippen MR) is 78.7 cm³/mol. The second kappa shape index (κ2) is 7.04. The Hall–Kier alpha value is -1.90. The van der Waals surface area contributed by atoms with E-state index in [-0.39, 0.29) is 11.7 Å². The molecule has 2 rings (SSSR count). The summed E-state index contributed by atoms with van der Waals surface area (Å²) in [5, 5.41) is 3.02. The third-order valence-electron chi connectivity index (χ3n) is 3.33. The van der Waals surface area contributed by atoms with Gasteiger partial charge in [0.25, 0.3) is 0 Å². The summed E-state index contributed by atoms with van der Waals surface area (Å²) in [6.07, 6.45) is 2.89. The van der Waals surface area contributed by atoms with Crippen molar-refractivity contribution in [3.8, 4) is 0 Å². The molecule has 0 saturated heterocycles. The van der Waals surface area contributed by atoms with Gasteiger partial charge >= 0.3 is 0 Å². The van der Waals surface area contributed by atoms with Crippen LogP contribution in [0, 0.1) is 11.6 Å². The molecule has 1 N–H and O–H groups in total. The van der Waals surface area contributed by atoms with Gasteiger partial charge < -0.3 is 5.32 Å². The van der Waals surface area contributed by atoms with Crippen LogP contribution >= 0.6 is 0 Å². The number of halogens is 2. The van der Waals surface area contributed by atoms with Crippen molar-refractivity contribution in [2.75, 3.05) is 5.32 Å².